The van der Waals surface area contributed by atoms with Gasteiger partial charge in [-0.1, -0.05) is 50.1 Å². The van der Waals surface area contributed by atoms with Crippen LogP contribution in [0.15, 0.2) is 30.3 Å². The molecule has 0 radical (unpaired) electrons. The van der Waals surface area contributed by atoms with Crippen molar-refractivity contribution >= 4 is 9.84 Å². The highest BCUT2D eigenvalue weighted by Crippen LogP contribution is 2.30. The Balaban J connectivity index is 2.15. The molecule has 1 aliphatic rings. The molecule has 1 aromatic carbocycles. The lowest BCUT2D eigenvalue weighted by Crippen LogP contribution is -2.37. The summed E-state index contributed by atoms with van der Waals surface area (Å²) in [4.78, 5) is 0. The van der Waals surface area contributed by atoms with Gasteiger partial charge in [0, 0.05) is 6.04 Å². The summed E-state index contributed by atoms with van der Waals surface area (Å²) >= 11 is 0. The lowest BCUT2D eigenvalue weighted by atomic mass is 10.0. The molecule has 0 heterocycles. The van der Waals surface area contributed by atoms with Gasteiger partial charge in [-0.2, -0.15) is 0 Å². The monoisotopic (exact) mass is 309 g/mol. The minimum atomic E-state index is -3.08. The summed E-state index contributed by atoms with van der Waals surface area (Å²) in [5.41, 5.74) is 1.06. The maximum absolute atomic E-state index is 12.7. The van der Waals surface area contributed by atoms with Crippen molar-refractivity contribution in [2.75, 3.05) is 12.3 Å². The standard InChI is InChI=1S/C17H27NO2S/c1-3-18-17(16-11-5-4-6-12-16)14(2)21(19,20)13-15-9-7-8-10-15/h4-6,11-12,14-15,17-18H,3,7-10,13H2,1-2H3. The molecule has 4 heteroatoms. The van der Waals surface area contributed by atoms with Gasteiger partial charge in [-0.3, -0.25) is 0 Å². The fourth-order valence-corrected chi connectivity index (χ4v) is 5.26. The zero-order valence-electron chi connectivity index (χ0n) is 13.1. The molecular weight excluding hydrogens is 282 g/mol. The van der Waals surface area contributed by atoms with Crippen LogP contribution < -0.4 is 5.32 Å². The van der Waals surface area contributed by atoms with E-state index in [1.807, 2.05) is 44.2 Å². The van der Waals surface area contributed by atoms with Crippen LogP contribution in [-0.4, -0.2) is 26.0 Å². The predicted octanol–water partition coefficient (Wildman–Crippen LogP) is 3.33. The summed E-state index contributed by atoms with van der Waals surface area (Å²) in [6, 6.07) is 9.79. The van der Waals surface area contributed by atoms with Gasteiger partial charge in [-0.25, -0.2) is 8.42 Å². The number of nitrogens with one attached hydrogen (secondary N) is 1. The number of sulfone groups is 1. The minimum absolute atomic E-state index is 0.123. The van der Waals surface area contributed by atoms with Crippen LogP contribution >= 0.6 is 0 Å². The average Bonchev–Trinajstić information content (AvgIpc) is 2.97. The Morgan fingerprint density at radius 2 is 1.81 bits per heavy atom. The normalized spacial score (nSPS) is 19.5. The fraction of sp³-hybridized carbons (Fsp3) is 0.647. The molecule has 1 saturated carbocycles. The molecule has 0 aromatic heterocycles. The Kier molecular flexibility index (Phi) is 5.82. The Hall–Kier alpha value is -0.870. The van der Waals surface area contributed by atoms with E-state index in [1.54, 1.807) is 0 Å². The van der Waals surface area contributed by atoms with Crippen LogP contribution in [0.4, 0.5) is 0 Å². The number of hydrogen-bond donors (Lipinski definition) is 1. The van der Waals surface area contributed by atoms with E-state index in [4.69, 9.17) is 0 Å². The molecule has 118 valence electrons. The predicted molar refractivity (Wildman–Crippen MR) is 88.1 cm³/mol. The lowest BCUT2D eigenvalue weighted by Gasteiger charge is -2.26. The van der Waals surface area contributed by atoms with Gasteiger partial charge in [0.2, 0.25) is 0 Å². The van der Waals surface area contributed by atoms with Crippen LogP contribution in [0.3, 0.4) is 0 Å². The number of hydrogen-bond acceptors (Lipinski definition) is 3. The van der Waals surface area contributed by atoms with Gasteiger partial charge in [0.05, 0.1) is 11.0 Å². The van der Waals surface area contributed by atoms with Crippen molar-refractivity contribution in [1.29, 1.82) is 0 Å². The average molecular weight is 309 g/mol. The second kappa shape index (κ2) is 7.41. The molecule has 3 nitrogen and oxygen atoms in total. The zero-order valence-corrected chi connectivity index (χ0v) is 13.9. The Morgan fingerprint density at radius 3 is 2.38 bits per heavy atom. The number of rotatable bonds is 7. The molecule has 0 spiro atoms. The third-order valence-corrected chi connectivity index (χ3v) is 6.90. The van der Waals surface area contributed by atoms with E-state index < -0.39 is 9.84 Å². The molecule has 2 rings (SSSR count). The van der Waals surface area contributed by atoms with Crippen molar-refractivity contribution in [2.45, 2.75) is 50.8 Å². The Labute approximate surface area is 129 Å². The topological polar surface area (TPSA) is 46.2 Å². The molecule has 1 aromatic rings. The first-order chi connectivity index (χ1) is 10.0. The SMILES string of the molecule is CCNC(c1ccccc1)C(C)S(=O)(=O)CC1CCCC1. The second-order valence-electron chi connectivity index (χ2n) is 6.13. The minimum Gasteiger partial charge on any atom is -0.309 e. The van der Waals surface area contributed by atoms with Gasteiger partial charge in [0.25, 0.3) is 0 Å². The molecule has 2 atom stereocenters. The summed E-state index contributed by atoms with van der Waals surface area (Å²) < 4.78 is 25.5. The Morgan fingerprint density at radius 1 is 1.19 bits per heavy atom. The quantitative estimate of drug-likeness (QED) is 0.840. The molecule has 0 amide bonds. The molecular formula is C17H27NO2S. The maximum atomic E-state index is 12.7. The summed E-state index contributed by atoms with van der Waals surface area (Å²) in [5, 5.41) is 2.96. The highest BCUT2D eigenvalue weighted by atomic mass is 32.2. The molecule has 0 saturated heterocycles. The molecule has 0 bridgehead atoms. The van der Waals surface area contributed by atoms with Crippen molar-refractivity contribution in [1.82, 2.24) is 5.32 Å². The van der Waals surface area contributed by atoms with Crippen LogP contribution in [0.1, 0.15) is 51.1 Å². The van der Waals surface area contributed by atoms with Crippen molar-refractivity contribution in [2.24, 2.45) is 5.92 Å². The van der Waals surface area contributed by atoms with Gasteiger partial charge >= 0.3 is 0 Å². The van der Waals surface area contributed by atoms with Gasteiger partial charge in [0.1, 0.15) is 0 Å². The van der Waals surface area contributed by atoms with E-state index in [2.05, 4.69) is 5.32 Å². The van der Waals surface area contributed by atoms with E-state index >= 15 is 0 Å². The molecule has 1 aliphatic carbocycles. The molecule has 2 unspecified atom stereocenters. The van der Waals surface area contributed by atoms with Gasteiger partial charge < -0.3 is 5.32 Å². The third kappa shape index (κ3) is 4.30. The van der Waals surface area contributed by atoms with Crippen molar-refractivity contribution in [3.8, 4) is 0 Å². The first-order valence-corrected chi connectivity index (χ1v) is 9.76. The number of benzene rings is 1. The summed E-state index contributed by atoms with van der Waals surface area (Å²) in [6.07, 6.45) is 4.51. The zero-order chi connectivity index (χ0) is 15.3. The highest BCUT2D eigenvalue weighted by molar-refractivity contribution is 7.92. The van der Waals surface area contributed by atoms with Crippen LogP contribution in [0.5, 0.6) is 0 Å². The van der Waals surface area contributed by atoms with E-state index in [-0.39, 0.29) is 11.3 Å². The first-order valence-electron chi connectivity index (χ1n) is 8.04. The lowest BCUT2D eigenvalue weighted by molar-refractivity contribution is 0.498. The third-order valence-electron chi connectivity index (χ3n) is 4.56. The smallest absolute Gasteiger partial charge is 0.155 e. The largest absolute Gasteiger partial charge is 0.309 e. The molecule has 21 heavy (non-hydrogen) atoms. The van der Waals surface area contributed by atoms with Crippen LogP contribution in [0, 0.1) is 5.92 Å². The summed E-state index contributed by atoms with van der Waals surface area (Å²) in [7, 11) is -3.08. The first kappa shape index (κ1) is 16.5. The second-order valence-corrected chi connectivity index (χ2v) is 8.53. The summed E-state index contributed by atoms with van der Waals surface area (Å²) in [6.45, 7) is 4.64. The maximum Gasteiger partial charge on any atom is 0.155 e. The summed E-state index contributed by atoms with van der Waals surface area (Å²) in [5.74, 6) is 0.721. The van der Waals surface area contributed by atoms with E-state index in [0.29, 0.717) is 11.7 Å². The van der Waals surface area contributed by atoms with Crippen LogP contribution in [0.25, 0.3) is 0 Å². The fourth-order valence-electron chi connectivity index (χ4n) is 3.30. The van der Waals surface area contributed by atoms with Gasteiger partial charge in [-0.05, 0) is 37.8 Å². The molecule has 0 aliphatic heterocycles. The van der Waals surface area contributed by atoms with Gasteiger partial charge in [-0.15, -0.1) is 0 Å². The van der Waals surface area contributed by atoms with Crippen molar-refractivity contribution < 1.29 is 8.42 Å². The van der Waals surface area contributed by atoms with E-state index in [0.717, 1.165) is 24.9 Å². The molecule has 1 fully saturated rings. The van der Waals surface area contributed by atoms with Crippen molar-refractivity contribution in [3.05, 3.63) is 35.9 Å². The van der Waals surface area contributed by atoms with E-state index in [1.165, 1.54) is 12.8 Å². The van der Waals surface area contributed by atoms with Crippen LogP contribution in [0.2, 0.25) is 0 Å². The molecule has 1 N–H and O–H groups in total. The van der Waals surface area contributed by atoms with Gasteiger partial charge in [0.15, 0.2) is 9.84 Å². The Bertz CT molecular complexity index is 521. The van der Waals surface area contributed by atoms with Crippen LogP contribution in [-0.2, 0) is 9.84 Å². The van der Waals surface area contributed by atoms with E-state index in [9.17, 15) is 8.42 Å². The highest BCUT2D eigenvalue weighted by Gasteiger charge is 2.32. The van der Waals surface area contributed by atoms with Crippen molar-refractivity contribution in [3.63, 3.8) is 0 Å².